The van der Waals surface area contributed by atoms with Crippen molar-refractivity contribution in [2.24, 2.45) is 0 Å². The number of carbonyl (C=O) groups excluding carboxylic acids is 2. The Labute approximate surface area is 227 Å². The molecule has 0 aliphatic carbocycles. The second kappa shape index (κ2) is 11.0. The number of thioether (sulfide) groups is 1. The number of halogens is 3. The van der Waals surface area contributed by atoms with Crippen LogP contribution in [0, 0.1) is 0 Å². The van der Waals surface area contributed by atoms with Gasteiger partial charge in [0, 0.05) is 30.7 Å². The molecule has 3 aromatic rings. The van der Waals surface area contributed by atoms with Gasteiger partial charge in [0.15, 0.2) is 4.32 Å². The maximum Gasteiger partial charge on any atom is 0.285 e. The smallest absolute Gasteiger partial charge is 0.285 e. The minimum atomic E-state index is -0.434. The van der Waals surface area contributed by atoms with Crippen LogP contribution in [-0.2, 0) is 11.4 Å². The Morgan fingerprint density at radius 2 is 1.79 bits per heavy atom. The number of hydrazine groups is 1. The lowest BCUT2D eigenvalue weighted by Gasteiger charge is -2.15. The number of ether oxygens (including phenoxy) is 1. The lowest BCUT2D eigenvalue weighted by atomic mass is 10.1. The van der Waals surface area contributed by atoms with E-state index >= 15 is 0 Å². The van der Waals surface area contributed by atoms with E-state index in [-0.39, 0.29) is 10.9 Å². The maximum absolute atomic E-state index is 13.0. The van der Waals surface area contributed by atoms with Gasteiger partial charge in [-0.05, 0) is 66.8 Å². The highest BCUT2D eigenvalue weighted by Gasteiger charge is 2.34. The molecule has 0 unspecified atom stereocenters. The average molecular weight is 639 g/mol. The normalized spacial score (nSPS) is 14.6. The van der Waals surface area contributed by atoms with E-state index in [0.717, 1.165) is 31.3 Å². The van der Waals surface area contributed by atoms with E-state index in [1.165, 1.54) is 0 Å². The number of benzene rings is 3. The Morgan fingerprint density at radius 3 is 2.53 bits per heavy atom. The van der Waals surface area contributed by atoms with Gasteiger partial charge in [0.1, 0.15) is 12.4 Å². The molecule has 10 heteroatoms. The van der Waals surface area contributed by atoms with Crippen molar-refractivity contribution in [2.45, 2.75) is 6.61 Å². The third-order valence-corrected chi connectivity index (χ3v) is 7.41. The van der Waals surface area contributed by atoms with E-state index in [9.17, 15) is 9.59 Å². The minimum Gasteiger partial charge on any atom is -0.488 e. The molecule has 1 aliphatic heterocycles. The number of hydrogen-bond donors (Lipinski definition) is 1. The molecule has 0 spiro atoms. The lowest BCUT2D eigenvalue weighted by molar-refractivity contribution is -0.123. The Morgan fingerprint density at radius 1 is 1.09 bits per heavy atom. The third-order valence-electron chi connectivity index (χ3n) is 4.71. The van der Waals surface area contributed by atoms with Crippen LogP contribution in [0.2, 0.25) is 5.02 Å². The number of amides is 2. The van der Waals surface area contributed by atoms with Crippen LogP contribution in [0.5, 0.6) is 5.75 Å². The molecule has 0 saturated carbocycles. The number of thiocarbonyl (C=S) groups is 1. The van der Waals surface area contributed by atoms with Crippen LogP contribution in [0.15, 0.2) is 80.6 Å². The third kappa shape index (κ3) is 5.90. The first-order valence-corrected chi connectivity index (χ1v) is 13.0. The SMILES string of the molecule is O=C(NN1C(=O)/C(=C\c2cc(Br)ccc2OCc2ccccc2Cl)SC1=S)c1ccc(Br)cc1. The summed E-state index contributed by atoms with van der Waals surface area (Å²) >= 11 is 19.5. The minimum absolute atomic E-state index is 0.232. The van der Waals surface area contributed by atoms with Crippen LogP contribution in [0.25, 0.3) is 6.08 Å². The van der Waals surface area contributed by atoms with E-state index in [1.54, 1.807) is 36.4 Å². The number of hydrogen-bond acceptors (Lipinski definition) is 5. The van der Waals surface area contributed by atoms with E-state index in [2.05, 4.69) is 37.3 Å². The van der Waals surface area contributed by atoms with Gasteiger partial charge in [0.25, 0.3) is 11.8 Å². The van der Waals surface area contributed by atoms with Crippen molar-refractivity contribution in [1.82, 2.24) is 10.4 Å². The fourth-order valence-corrected chi connectivity index (χ4v) is 5.01. The topological polar surface area (TPSA) is 58.6 Å². The number of nitrogens with one attached hydrogen (secondary N) is 1. The average Bonchev–Trinajstić information content (AvgIpc) is 3.07. The molecule has 1 aliphatic rings. The molecule has 5 nitrogen and oxygen atoms in total. The van der Waals surface area contributed by atoms with Crippen molar-refractivity contribution in [1.29, 1.82) is 0 Å². The second-order valence-corrected chi connectivity index (χ2v) is 10.9. The van der Waals surface area contributed by atoms with Gasteiger partial charge in [-0.1, -0.05) is 73.4 Å². The summed E-state index contributed by atoms with van der Waals surface area (Å²) in [6.45, 7) is 0.270. The van der Waals surface area contributed by atoms with Crippen LogP contribution < -0.4 is 10.2 Å². The maximum atomic E-state index is 13.0. The molecule has 1 fully saturated rings. The highest BCUT2D eigenvalue weighted by molar-refractivity contribution is 9.10. The van der Waals surface area contributed by atoms with Crippen LogP contribution in [0.4, 0.5) is 0 Å². The molecule has 1 heterocycles. The van der Waals surface area contributed by atoms with Crippen molar-refractivity contribution in [3.05, 3.63) is 102 Å². The van der Waals surface area contributed by atoms with Gasteiger partial charge < -0.3 is 4.74 Å². The fourth-order valence-electron chi connectivity index (χ4n) is 3.01. The zero-order valence-electron chi connectivity index (χ0n) is 17.3. The predicted molar refractivity (Wildman–Crippen MR) is 147 cm³/mol. The van der Waals surface area contributed by atoms with Gasteiger partial charge in [-0.3, -0.25) is 15.0 Å². The highest BCUT2D eigenvalue weighted by Crippen LogP contribution is 2.35. The lowest BCUT2D eigenvalue weighted by Crippen LogP contribution is -2.44. The summed E-state index contributed by atoms with van der Waals surface area (Å²) in [4.78, 5) is 25.9. The Kier molecular flexibility index (Phi) is 8.10. The predicted octanol–water partition coefficient (Wildman–Crippen LogP) is 6.99. The molecule has 4 rings (SSSR count). The summed E-state index contributed by atoms with van der Waals surface area (Å²) < 4.78 is 7.90. The Balaban J connectivity index is 1.53. The first-order chi connectivity index (χ1) is 16.3. The Bertz CT molecular complexity index is 1320. The standard InChI is InChI=1S/C24H15Br2ClN2O3S2/c25-17-7-5-14(6-8-17)22(30)28-29-23(31)21(34-24(29)33)12-16-11-18(26)9-10-20(16)32-13-15-3-1-2-4-19(15)27/h1-12H,13H2,(H,28,30)/b21-12+. The summed E-state index contributed by atoms with van der Waals surface area (Å²) in [5, 5.41) is 1.70. The molecular weight excluding hydrogens is 624 g/mol. The van der Waals surface area contributed by atoms with Crippen molar-refractivity contribution in [3.63, 3.8) is 0 Å². The molecule has 2 amide bonds. The first-order valence-electron chi connectivity index (χ1n) is 9.82. The summed E-state index contributed by atoms with van der Waals surface area (Å²) in [6, 6.07) is 19.7. The zero-order valence-corrected chi connectivity index (χ0v) is 22.8. The van der Waals surface area contributed by atoms with E-state index < -0.39 is 11.8 Å². The second-order valence-electron chi connectivity index (χ2n) is 7.03. The van der Waals surface area contributed by atoms with Crippen LogP contribution in [0.1, 0.15) is 21.5 Å². The van der Waals surface area contributed by atoms with Crippen molar-refractivity contribution >= 4 is 89.7 Å². The van der Waals surface area contributed by atoms with Gasteiger partial charge in [-0.25, -0.2) is 0 Å². The molecule has 34 heavy (non-hydrogen) atoms. The molecule has 172 valence electrons. The molecule has 0 bridgehead atoms. The highest BCUT2D eigenvalue weighted by atomic mass is 79.9. The number of rotatable bonds is 6. The number of carbonyl (C=O) groups is 2. The van der Waals surface area contributed by atoms with Crippen LogP contribution in [0.3, 0.4) is 0 Å². The van der Waals surface area contributed by atoms with Gasteiger partial charge in [0.05, 0.1) is 4.91 Å². The molecule has 0 atom stereocenters. The largest absolute Gasteiger partial charge is 0.488 e. The molecule has 1 saturated heterocycles. The van der Waals surface area contributed by atoms with Gasteiger partial charge in [-0.2, -0.15) is 5.01 Å². The van der Waals surface area contributed by atoms with E-state index in [1.807, 2.05) is 36.4 Å². The van der Waals surface area contributed by atoms with E-state index in [0.29, 0.717) is 26.8 Å². The summed E-state index contributed by atoms with van der Waals surface area (Å²) in [5.41, 5.74) is 4.52. The zero-order chi connectivity index (χ0) is 24.2. The van der Waals surface area contributed by atoms with Gasteiger partial charge >= 0.3 is 0 Å². The van der Waals surface area contributed by atoms with Crippen molar-refractivity contribution < 1.29 is 14.3 Å². The molecule has 0 aromatic heterocycles. The summed E-state index contributed by atoms with van der Waals surface area (Å²) in [5.74, 6) is -0.277. The summed E-state index contributed by atoms with van der Waals surface area (Å²) in [7, 11) is 0. The fraction of sp³-hybridized carbons (Fsp3) is 0.0417. The van der Waals surface area contributed by atoms with Crippen molar-refractivity contribution in [3.8, 4) is 5.75 Å². The monoisotopic (exact) mass is 636 g/mol. The van der Waals surface area contributed by atoms with Crippen LogP contribution in [-0.4, -0.2) is 21.1 Å². The first kappa shape index (κ1) is 24.9. The molecular formula is C24H15Br2ClN2O3S2. The molecule has 0 radical (unpaired) electrons. The molecule has 1 N–H and O–H groups in total. The number of nitrogens with zero attached hydrogens (tertiary/aromatic N) is 1. The van der Waals surface area contributed by atoms with Crippen molar-refractivity contribution in [2.75, 3.05) is 0 Å². The quantitative estimate of drug-likeness (QED) is 0.233. The molecule has 3 aromatic carbocycles. The van der Waals surface area contributed by atoms with Crippen LogP contribution >= 0.6 is 67.4 Å². The Hall–Kier alpha value is -2.17. The van der Waals surface area contributed by atoms with Gasteiger partial charge in [0.2, 0.25) is 0 Å². The van der Waals surface area contributed by atoms with Gasteiger partial charge in [-0.15, -0.1) is 0 Å². The van der Waals surface area contributed by atoms with E-state index in [4.69, 9.17) is 28.6 Å². The summed E-state index contributed by atoms with van der Waals surface area (Å²) in [6.07, 6.45) is 1.69.